The van der Waals surface area contributed by atoms with E-state index >= 15 is 0 Å². The predicted molar refractivity (Wildman–Crippen MR) is 83.2 cm³/mol. The van der Waals surface area contributed by atoms with E-state index in [-0.39, 0.29) is 12.5 Å². The van der Waals surface area contributed by atoms with Crippen LogP contribution in [-0.2, 0) is 9.59 Å². The van der Waals surface area contributed by atoms with Crippen LogP contribution in [-0.4, -0.2) is 50.6 Å². The molecule has 1 aromatic rings. The Balaban J connectivity index is 2.05. The van der Waals surface area contributed by atoms with Gasteiger partial charge < -0.3 is 20.7 Å². The van der Waals surface area contributed by atoms with Crippen LogP contribution in [0.4, 0.5) is 11.4 Å². The molecule has 2 heterocycles. The van der Waals surface area contributed by atoms with E-state index in [2.05, 4.69) is 10.2 Å². The molecule has 7 nitrogen and oxygen atoms in total. The second-order valence-electron chi connectivity index (χ2n) is 5.51. The summed E-state index contributed by atoms with van der Waals surface area (Å²) >= 11 is 0. The SMILES string of the molecule is CC1Oc2cccc(N3CCNCC3)c2N(CC(N)=O)C1=O. The minimum Gasteiger partial charge on any atom is -0.479 e. The Labute approximate surface area is 129 Å². The number of nitrogens with zero attached hydrogens (tertiary/aromatic N) is 2. The molecule has 0 radical (unpaired) electrons. The molecule has 2 amide bonds. The molecule has 22 heavy (non-hydrogen) atoms. The van der Waals surface area contributed by atoms with E-state index in [0.717, 1.165) is 31.9 Å². The van der Waals surface area contributed by atoms with E-state index in [9.17, 15) is 9.59 Å². The molecule has 1 fully saturated rings. The molecule has 7 heteroatoms. The first kappa shape index (κ1) is 14.6. The second kappa shape index (κ2) is 5.84. The van der Waals surface area contributed by atoms with Crippen LogP contribution in [0.2, 0.25) is 0 Å². The number of amides is 2. The van der Waals surface area contributed by atoms with Gasteiger partial charge in [-0.05, 0) is 19.1 Å². The molecule has 0 spiro atoms. The number of anilines is 2. The first-order valence-electron chi connectivity index (χ1n) is 7.43. The van der Waals surface area contributed by atoms with Crippen LogP contribution in [0.1, 0.15) is 6.92 Å². The second-order valence-corrected chi connectivity index (χ2v) is 5.51. The minimum absolute atomic E-state index is 0.136. The average molecular weight is 304 g/mol. The molecule has 0 aliphatic carbocycles. The summed E-state index contributed by atoms with van der Waals surface area (Å²) in [5.74, 6) is -0.165. The zero-order chi connectivity index (χ0) is 15.7. The fourth-order valence-electron chi connectivity index (χ4n) is 2.92. The maximum atomic E-state index is 12.4. The molecule has 0 bridgehead atoms. The summed E-state index contributed by atoms with van der Waals surface area (Å²) in [4.78, 5) is 27.4. The van der Waals surface area contributed by atoms with Gasteiger partial charge in [-0.1, -0.05) is 6.07 Å². The molecule has 1 saturated heterocycles. The molecule has 1 atom stereocenters. The number of rotatable bonds is 3. The van der Waals surface area contributed by atoms with Crippen LogP contribution in [0, 0.1) is 0 Å². The number of hydrogen-bond donors (Lipinski definition) is 2. The Morgan fingerprint density at radius 3 is 2.82 bits per heavy atom. The van der Waals surface area contributed by atoms with Gasteiger partial charge >= 0.3 is 0 Å². The quantitative estimate of drug-likeness (QED) is 0.800. The molecular formula is C15H20N4O3. The van der Waals surface area contributed by atoms with Gasteiger partial charge in [0.2, 0.25) is 5.91 Å². The van der Waals surface area contributed by atoms with Gasteiger partial charge in [-0.25, -0.2) is 0 Å². The number of benzene rings is 1. The van der Waals surface area contributed by atoms with E-state index in [0.29, 0.717) is 11.4 Å². The Morgan fingerprint density at radius 1 is 1.41 bits per heavy atom. The highest BCUT2D eigenvalue weighted by Crippen LogP contribution is 2.42. The van der Waals surface area contributed by atoms with Crippen molar-refractivity contribution in [2.45, 2.75) is 13.0 Å². The fourth-order valence-corrected chi connectivity index (χ4v) is 2.92. The summed E-state index contributed by atoms with van der Waals surface area (Å²) in [6.45, 7) is 4.98. The molecule has 2 aliphatic rings. The topological polar surface area (TPSA) is 87.9 Å². The van der Waals surface area contributed by atoms with Gasteiger partial charge in [0.25, 0.3) is 5.91 Å². The van der Waals surface area contributed by atoms with Gasteiger partial charge in [0, 0.05) is 26.2 Å². The number of fused-ring (bicyclic) bond motifs is 1. The van der Waals surface area contributed by atoms with Crippen LogP contribution in [0.3, 0.4) is 0 Å². The lowest BCUT2D eigenvalue weighted by molar-refractivity contribution is -0.127. The van der Waals surface area contributed by atoms with Crippen LogP contribution in [0.5, 0.6) is 5.75 Å². The number of ether oxygens (including phenoxy) is 1. The van der Waals surface area contributed by atoms with Crippen molar-refractivity contribution >= 4 is 23.2 Å². The van der Waals surface area contributed by atoms with E-state index in [4.69, 9.17) is 10.5 Å². The fraction of sp³-hybridized carbons (Fsp3) is 0.467. The Hall–Kier alpha value is -2.28. The van der Waals surface area contributed by atoms with E-state index in [1.807, 2.05) is 18.2 Å². The van der Waals surface area contributed by atoms with Crippen molar-refractivity contribution in [2.75, 3.05) is 42.5 Å². The molecule has 0 aromatic heterocycles. The Morgan fingerprint density at radius 2 is 2.14 bits per heavy atom. The van der Waals surface area contributed by atoms with Crippen molar-refractivity contribution in [2.24, 2.45) is 5.73 Å². The number of carbonyl (C=O) groups is 2. The number of carbonyl (C=O) groups excluding carboxylic acids is 2. The summed E-state index contributed by atoms with van der Waals surface area (Å²) in [5, 5.41) is 3.30. The van der Waals surface area contributed by atoms with Gasteiger partial charge in [0.15, 0.2) is 6.10 Å². The third kappa shape index (κ3) is 2.59. The summed E-state index contributed by atoms with van der Waals surface area (Å²) in [7, 11) is 0. The molecule has 1 unspecified atom stereocenters. The largest absolute Gasteiger partial charge is 0.479 e. The standard InChI is InChI=1S/C15H20N4O3/c1-10-15(21)19(9-13(16)20)14-11(3-2-4-12(14)22-10)18-7-5-17-6-8-18/h2-4,10,17H,5-9H2,1H3,(H2,16,20). The summed E-state index contributed by atoms with van der Waals surface area (Å²) < 4.78 is 5.70. The Bertz CT molecular complexity index is 598. The van der Waals surface area contributed by atoms with Crippen LogP contribution in [0.25, 0.3) is 0 Å². The number of para-hydroxylation sites is 1. The summed E-state index contributed by atoms with van der Waals surface area (Å²) in [6, 6.07) is 5.67. The Kier molecular flexibility index (Phi) is 3.89. The number of hydrogen-bond acceptors (Lipinski definition) is 5. The van der Waals surface area contributed by atoms with Crippen LogP contribution >= 0.6 is 0 Å². The minimum atomic E-state index is -0.620. The van der Waals surface area contributed by atoms with E-state index in [1.54, 1.807) is 6.92 Å². The van der Waals surface area contributed by atoms with Gasteiger partial charge in [-0.2, -0.15) is 0 Å². The smallest absolute Gasteiger partial charge is 0.268 e. The normalized spacial score (nSPS) is 21.3. The molecule has 2 aliphatic heterocycles. The average Bonchev–Trinajstić information content (AvgIpc) is 2.51. The zero-order valence-corrected chi connectivity index (χ0v) is 12.5. The third-order valence-electron chi connectivity index (χ3n) is 3.94. The lowest BCUT2D eigenvalue weighted by Crippen LogP contribution is -2.49. The number of primary amides is 1. The van der Waals surface area contributed by atoms with Crippen molar-refractivity contribution in [3.63, 3.8) is 0 Å². The van der Waals surface area contributed by atoms with E-state index < -0.39 is 12.0 Å². The van der Waals surface area contributed by atoms with Crippen molar-refractivity contribution in [1.82, 2.24) is 5.32 Å². The maximum absolute atomic E-state index is 12.4. The molecule has 3 rings (SSSR count). The molecule has 3 N–H and O–H groups in total. The van der Waals surface area contributed by atoms with Crippen LogP contribution < -0.4 is 25.6 Å². The number of nitrogens with two attached hydrogens (primary N) is 1. The van der Waals surface area contributed by atoms with Gasteiger partial charge in [-0.3, -0.25) is 14.5 Å². The lowest BCUT2D eigenvalue weighted by atomic mass is 10.1. The van der Waals surface area contributed by atoms with E-state index in [1.165, 1.54) is 4.90 Å². The van der Waals surface area contributed by atoms with Crippen molar-refractivity contribution < 1.29 is 14.3 Å². The third-order valence-corrected chi connectivity index (χ3v) is 3.94. The summed E-state index contributed by atoms with van der Waals surface area (Å²) in [6.07, 6.45) is -0.620. The predicted octanol–water partition coefficient (Wildman–Crippen LogP) is -0.305. The highest BCUT2D eigenvalue weighted by atomic mass is 16.5. The molecule has 1 aromatic carbocycles. The molecule has 0 saturated carbocycles. The number of piperazine rings is 1. The first-order chi connectivity index (χ1) is 10.6. The van der Waals surface area contributed by atoms with Crippen LogP contribution in [0.15, 0.2) is 18.2 Å². The highest BCUT2D eigenvalue weighted by Gasteiger charge is 2.35. The maximum Gasteiger partial charge on any atom is 0.268 e. The monoisotopic (exact) mass is 304 g/mol. The molecular weight excluding hydrogens is 284 g/mol. The zero-order valence-electron chi connectivity index (χ0n) is 12.5. The van der Waals surface area contributed by atoms with Gasteiger partial charge in [0.05, 0.1) is 5.69 Å². The lowest BCUT2D eigenvalue weighted by Gasteiger charge is -2.38. The highest BCUT2D eigenvalue weighted by molar-refractivity contribution is 6.06. The molecule has 118 valence electrons. The van der Waals surface area contributed by atoms with Crippen molar-refractivity contribution in [3.05, 3.63) is 18.2 Å². The number of nitrogens with one attached hydrogen (secondary N) is 1. The van der Waals surface area contributed by atoms with Crippen molar-refractivity contribution in [1.29, 1.82) is 0 Å². The van der Waals surface area contributed by atoms with Gasteiger partial charge in [-0.15, -0.1) is 0 Å². The first-order valence-corrected chi connectivity index (χ1v) is 7.43. The summed E-state index contributed by atoms with van der Waals surface area (Å²) in [5.41, 5.74) is 6.87. The van der Waals surface area contributed by atoms with Crippen molar-refractivity contribution in [3.8, 4) is 5.75 Å². The van der Waals surface area contributed by atoms with Gasteiger partial charge in [0.1, 0.15) is 18.0 Å².